The van der Waals surface area contributed by atoms with Crippen LogP contribution in [0.15, 0.2) is 58.0 Å². The van der Waals surface area contributed by atoms with Crippen LogP contribution in [-0.4, -0.2) is 37.4 Å². The molecule has 0 amide bonds. The van der Waals surface area contributed by atoms with Gasteiger partial charge in [0, 0.05) is 35.5 Å². The van der Waals surface area contributed by atoms with Crippen molar-refractivity contribution in [3.05, 3.63) is 70.3 Å². The topological polar surface area (TPSA) is 61.2 Å². The predicted octanol–water partition coefficient (Wildman–Crippen LogP) is 5.65. The minimum atomic E-state index is -3.86. The summed E-state index contributed by atoms with van der Waals surface area (Å²) in [6, 6.07) is 11.8. The Labute approximate surface area is 198 Å². The number of fused-ring (bicyclic) bond motifs is 3. The molecule has 172 valence electrons. The predicted molar refractivity (Wildman–Crippen MR) is 126 cm³/mol. The van der Waals surface area contributed by atoms with Crippen molar-refractivity contribution in [3.63, 3.8) is 0 Å². The zero-order valence-corrected chi connectivity index (χ0v) is 20.2. The average Bonchev–Trinajstić information content (AvgIpc) is 3.11. The summed E-state index contributed by atoms with van der Waals surface area (Å²) in [5, 5.41) is 0.104. The second-order valence-electron chi connectivity index (χ2n) is 8.36. The quantitative estimate of drug-likeness (QED) is 0.317. The first-order valence-electron chi connectivity index (χ1n) is 10.6. The highest BCUT2D eigenvalue weighted by Gasteiger charge is 2.33. The van der Waals surface area contributed by atoms with E-state index in [2.05, 4.69) is 20.9 Å². The van der Waals surface area contributed by atoms with Crippen LogP contribution in [0.1, 0.15) is 24.4 Å². The molecule has 2 aromatic heterocycles. The average molecular weight is 535 g/mol. The van der Waals surface area contributed by atoms with Crippen molar-refractivity contribution < 1.29 is 21.9 Å². The molecule has 1 aliphatic rings. The fourth-order valence-corrected chi connectivity index (χ4v) is 6.07. The van der Waals surface area contributed by atoms with Crippen LogP contribution in [0, 0.1) is 17.6 Å². The molecule has 9 heteroatoms. The molecular formula is C24H21BrF2N2O3S. The fraction of sp³-hybridized carbons (Fsp3) is 0.292. The van der Waals surface area contributed by atoms with Gasteiger partial charge in [0.15, 0.2) is 21.5 Å². The maximum Gasteiger partial charge on any atom is 0.183 e. The summed E-state index contributed by atoms with van der Waals surface area (Å²) in [5.74, 6) is -2.22. The van der Waals surface area contributed by atoms with Gasteiger partial charge in [-0.15, -0.1) is 0 Å². The van der Waals surface area contributed by atoms with Gasteiger partial charge in [-0.05, 0) is 52.4 Å². The molecule has 2 aromatic carbocycles. The largest absolute Gasteiger partial charge is 0.381 e. The Hall–Kier alpha value is -2.36. The third-order valence-corrected chi connectivity index (χ3v) is 7.82. The summed E-state index contributed by atoms with van der Waals surface area (Å²) in [5.41, 5.74) is 1.69. The fourth-order valence-electron chi connectivity index (χ4n) is 4.87. The summed E-state index contributed by atoms with van der Waals surface area (Å²) in [7, 11) is -3.86. The highest BCUT2D eigenvalue weighted by molar-refractivity contribution is 9.10. The van der Waals surface area contributed by atoms with Crippen LogP contribution in [0.25, 0.3) is 21.9 Å². The molecule has 0 radical (unpaired) electrons. The summed E-state index contributed by atoms with van der Waals surface area (Å²) >= 11 is 3.43. The number of benzene rings is 2. The molecule has 0 spiro atoms. The van der Waals surface area contributed by atoms with E-state index in [1.165, 1.54) is 6.20 Å². The van der Waals surface area contributed by atoms with E-state index >= 15 is 4.39 Å². The number of nitrogens with zero attached hydrogens (tertiary/aromatic N) is 2. The monoisotopic (exact) mass is 534 g/mol. The smallest absolute Gasteiger partial charge is 0.183 e. The summed E-state index contributed by atoms with van der Waals surface area (Å²) in [6.07, 6.45) is 4.00. The highest BCUT2D eigenvalue weighted by atomic mass is 79.9. The molecule has 33 heavy (non-hydrogen) atoms. The normalized spacial score (nSPS) is 16.5. The van der Waals surface area contributed by atoms with Crippen molar-refractivity contribution in [2.24, 2.45) is 5.92 Å². The number of pyridine rings is 1. The van der Waals surface area contributed by atoms with Crippen LogP contribution < -0.4 is 0 Å². The van der Waals surface area contributed by atoms with Gasteiger partial charge in [0.2, 0.25) is 0 Å². The third kappa shape index (κ3) is 3.86. The lowest BCUT2D eigenvalue weighted by Gasteiger charge is -2.33. The molecule has 3 heterocycles. The summed E-state index contributed by atoms with van der Waals surface area (Å²) < 4.78 is 63.6. The van der Waals surface area contributed by atoms with Crippen molar-refractivity contribution in [2.45, 2.75) is 23.8 Å². The second-order valence-corrected chi connectivity index (χ2v) is 11.3. The van der Waals surface area contributed by atoms with Crippen LogP contribution in [0.5, 0.6) is 0 Å². The maximum absolute atomic E-state index is 15.6. The Bertz CT molecular complexity index is 1470. The van der Waals surface area contributed by atoms with Crippen LogP contribution in [-0.2, 0) is 14.6 Å². The van der Waals surface area contributed by atoms with E-state index in [-0.39, 0.29) is 27.8 Å². The van der Waals surface area contributed by atoms with E-state index in [4.69, 9.17) is 4.74 Å². The van der Waals surface area contributed by atoms with Crippen molar-refractivity contribution in [2.75, 3.05) is 19.5 Å². The number of rotatable bonds is 4. The maximum atomic E-state index is 15.6. The molecule has 0 bridgehead atoms. The number of hydrogen-bond acceptors (Lipinski definition) is 4. The minimum Gasteiger partial charge on any atom is -0.381 e. The van der Waals surface area contributed by atoms with E-state index in [1.807, 2.05) is 30.3 Å². The van der Waals surface area contributed by atoms with Crippen molar-refractivity contribution in [1.82, 2.24) is 9.55 Å². The van der Waals surface area contributed by atoms with Gasteiger partial charge < -0.3 is 9.30 Å². The van der Waals surface area contributed by atoms with Crippen LogP contribution >= 0.6 is 15.9 Å². The van der Waals surface area contributed by atoms with Gasteiger partial charge in [0.1, 0.15) is 0 Å². The number of halogens is 3. The molecule has 1 unspecified atom stereocenters. The molecule has 1 aliphatic heterocycles. The lowest BCUT2D eigenvalue weighted by molar-refractivity contribution is 0.0552. The number of ether oxygens (including phenoxy) is 1. The van der Waals surface area contributed by atoms with Crippen LogP contribution in [0.3, 0.4) is 0 Å². The Balaban J connectivity index is 1.97. The molecular weight excluding hydrogens is 514 g/mol. The highest BCUT2D eigenvalue weighted by Crippen LogP contribution is 2.43. The van der Waals surface area contributed by atoms with Gasteiger partial charge in [-0.3, -0.25) is 4.98 Å². The van der Waals surface area contributed by atoms with Crippen molar-refractivity contribution in [3.8, 4) is 0 Å². The van der Waals surface area contributed by atoms with E-state index in [1.54, 1.807) is 10.6 Å². The van der Waals surface area contributed by atoms with Gasteiger partial charge in [-0.25, -0.2) is 17.2 Å². The molecule has 0 aliphatic carbocycles. The van der Waals surface area contributed by atoms with E-state index in [0.29, 0.717) is 28.7 Å². The Morgan fingerprint density at radius 2 is 1.85 bits per heavy atom. The van der Waals surface area contributed by atoms with E-state index in [0.717, 1.165) is 30.7 Å². The molecule has 0 saturated carbocycles. The molecule has 1 fully saturated rings. The van der Waals surface area contributed by atoms with Gasteiger partial charge in [0.25, 0.3) is 0 Å². The lowest BCUT2D eigenvalue weighted by Crippen LogP contribution is -2.27. The first kappa shape index (κ1) is 22.4. The zero-order chi connectivity index (χ0) is 23.3. The lowest BCUT2D eigenvalue weighted by atomic mass is 9.86. The Morgan fingerprint density at radius 3 is 2.52 bits per heavy atom. The molecule has 1 saturated heterocycles. The van der Waals surface area contributed by atoms with Crippen LogP contribution in [0.4, 0.5) is 8.78 Å². The summed E-state index contributed by atoms with van der Waals surface area (Å²) in [4.78, 5) is 4.18. The molecule has 4 aromatic rings. The standard InChI is InChI=1S/C24H21BrF2N2O3S/c1-33(30,31)19-12-17(26)21(27)24-20(19)22-18(11-16(25)13-28-22)29(24)23(14-5-3-2-4-6-14)15-7-9-32-10-8-15/h2-6,11-13,15,23H,7-10H2,1H3. The van der Waals surface area contributed by atoms with E-state index < -0.39 is 21.5 Å². The first-order valence-corrected chi connectivity index (χ1v) is 13.3. The Morgan fingerprint density at radius 1 is 1.15 bits per heavy atom. The van der Waals surface area contributed by atoms with Gasteiger partial charge in [-0.1, -0.05) is 30.3 Å². The van der Waals surface area contributed by atoms with Gasteiger partial charge in [-0.2, -0.15) is 0 Å². The number of aromatic nitrogens is 2. The Kier molecular flexibility index (Phi) is 5.74. The van der Waals surface area contributed by atoms with Gasteiger partial charge in [0.05, 0.1) is 27.5 Å². The minimum absolute atomic E-state index is 0.0725. The third-order valence-electron chi connectivity index (χ3n) is 6.26. The SMILES string of the molecule is CS(=O)(=O)c1cc(F)c(F)c2c1c1ncc(Br)cc1n2C(c1ccccc1)C1CCOCC1. The molecule has 5 nitrogen and oxygen atoms in total. The molecule has 5 rings (SSSR count). The molecule has 0 N–H and O–H groups in total. The number of sulfone groups is 1. The molecule has 1 atom stereocenters. The van der Waals surface area contributed by atoms with Gasteiger partial charge >= 0.3 is 0 Å². The number of hydrogen-bond donors (Lipinski definition) is 0. The van der Waals surface area contributed by atoms with E-state index in [9.17, 15) is 12.8 Å². The zero-order valence-electron chi connectivity index (χ0n) is 17.8. The first-order chi connectivity index (χ1) is 15.8. The second kappa shape index (κ2) is 8.45. The summed E-state index contributed by atoms with van der Waals surface area (Å²) in [6.45, 7) is 1.14. The van der Waals surface area contributed by atoms with Crippen molar-refractivity contribution in [1.29, 1.82) is 0 Å². The van der Waals surface area contributed by atoms with Crippen molar-refractivity contribution >= 4 is 47.7 Å². The van der Waals surface area contributed by atoms with Crippen LogP contribution in [0.2, 0.25) is 0 Å².